The van der Waals surface area contributed by atoms with Gasteiger partial charge in [0.25, 0.3) is 0 Å². The van der Waals surface area contributed by atoms with E-state index >= 15 is 0 Å². The predicted molar refractivity (Wildman–Crippen MR) is 88.1 cm³/mol. The zero-order valence-corrected chi connectivity index (χ0v) is 14.7. The average molecular weight is 328 g/mol. The second kappa shape index (κ2) is 12.3. The molecule has 0 aromatic heterocycles. The molecule has 0 aliphatic carbocycles. The summed E-state index contributed by atoms with van der Waals surface area (Å²) >= 11 is 0. The summed E-state index contributed by atoms with van der Waals surface area (Å²) in [5.74, 6) is -0.879. The third kappa shape index (κ3) is 8.94. The third-order valence-electron chi connectivity index (χ3n) is 3.94. The Balaban J connectivity index is 1.99. The molecule has 0 aromatic rings. The molecule has 23 heavy (non-hydrogen) atoms. The molecule has 1 heterocycles. The minimum Gasteiger partial charge on any atom is -0.464 e. The van der Waals surface area contributed by atoms with Crippen molar-refractivity contribution in [1.82, 2.24) is 0 Å². The van der Waals surface area contributed by atoms with Gasteiger partial charge >= 0.3 is 11.9 Å². The van der Waals surface area contributed by atoms with Crippen LogP contribution in [0, 0.1) is 0 Å². The zero-order chi connectivity index (χ0) is 16.9. The van der Waals surface area contributed by atoms with Gasteiger partial charge in [0.05, 0.1) is 13.2 Å². The summed E-state index contributed by atoms with van der Waals surface area (Å²) in [6, 6.07) is 0. The van der Waals surface area contributed by atoms with Crippen LogP contribution in [0.15, 0.2) is 0 Å². The molecule has 0 spiro atoms. The van der Waals surface area contributed by atoms with Crippen LogP contribution >= 0.6 is 0 Å². The van der Waals surface area contributed by atoms with Gasteiger partial charge in [-0.15, -0.1) is 0 Å². The summed E-state index contributed by atoms with van der Waals surface area (Å²) in [5, 5.41) is 0. The number of hydrogen-bond donors (Lipinski definition) is 0. The first-order chi connectivity index (χ1) is 11.2. The molecule has 5 nitrogen and oxygen atoms in total. The highest BCUT2D eigenvalue weighted by molar-refractivity contribution is 5.89. The first-order valence-corrected chi connectivity index (χ1v) is 9.19. The lowest BCUT2D eigenvalue weighted by Crippen LogP contribution is -2.21. The molecule has 0 radical (unpaired) electrons. The van der Waals surface area contributed by atoms with Crippen molar-refractivity contribution in [2.75, 3.05) is 13.2 Å². The molecular formula is C18H32O5. The van der Waals surface area contributed by atoms with Crippen molar-refractivity contribution in [2.45, 2.75) is 90.3 Å². The summed E-state index contributed by atoms with van der Waals surface area (Å²) in [5.41, 5.74) is 0. The van der Waals surface area contributed by atoms with Gasteiger partial charge < -0.3 is 14.2 Å². The number of carbonyl (C=O) groups is 2. The molecule has 1 fully saturated rings. The van der Waals surface area contributed by atoms with Gasteiger partial charge in [-0.3, -0.25) is 0 Å². The van der Waals surface area contributed by atoms with Crippen LogP contribution in [-0.4, -0.2) is 37.4 Å². The Morgan fingerprint density at radius 1 is 0.696 bits per heavy atom. The van der Waals surface area contributed by atoms with Crippen molar-refractivity contribution in [1.29, 1.82) is 0 Å². The van der Waals surface area contributed by atoms with Crippen LogP contribution in [0.5, 0.6) is 0 Å². The lowest BCUT2D eigenvalue weighted by atomic mass is 10.2. The maximum absolute atomic E-state index is 11.7. The number of epoxide rings is 1. The Morgan fingerprint density at radius 3 is 1.48 bits per heavy atom. The lowest BCUT2D eigenvalue weighted by Gasteiger charge is -2.03. The molecule has 0 saturated carbocycles. The minimum atomic E-state index is -0.752. The molecule has 1 aliphatic rings. The van der Waals surface area contributed by atoms with E-state index in [-0.39, 0.29) is 0 Å². The second-order valence-electron chi connectivity index (χ2n) is 6.14. The number of carbonyl (C=O) groups excluding carboxylic acids is 2. The molecule has 1 saturated heterocycles. The van der Waals surface area contributed by atoms with Crippen molar-refractivity contribution in [2.24, 2.45) is 0 Å². The highest BCUT2D eigenvalue weighted by Gasteiger charge is 2.52. The number of ether oxygens (including phenoxy) is 3. The van der Waals surface area contributed by atoms with Crippen molar-refractivity contribution in [3.63, 3.8) is 0 Å². The average Bonchev–Trinajstić information content (AvgIpc) is 3.34. The fourth-order valence-electron chi connectivity index (χ4n) is 2.39. The number of rotatable bonds is 14. The number of unbranched alkanes of at least 4 members (excludes halogenated alkanes) is 8. The van der Waals surface area contributed by atoms with E-state index in [1.54, 1.807) is 0 Å². The number of hydrogen-bond acceptors (Lipinski definition) is 5. The second-order valence-corrected chi connectivity index (χ2v) is 6.14. The van der Waals surface area contributed by atoms with Gasteiger partial charge in [0.15, 0.2) is 12.2 Å². The lowest BCUT2D eigenvalue weighted by molar-refractivity contribution is -0.147. The Kier molecular flexibility index (Phi) is 10.7. The predicted octanol–water partition coefficient (Wildman–Crippen LogP) is 3.78. The monoisotopic (exact) mass is 328 g/mol. The molecule has 2 atom stereocenters. The fraction of sp³-hybridized carbons (Fsp3) is 0.889. The maximum atomic E-state index is 11.7. The Hall–Kier alpha value is -1.10. The van der Waals surface area contributed by atoms with Gasteiger partial charge in [-0.05, 0) is 12.8 Å². The van der Waals surface area contributed by atoms with Gasteiger partial charge in [0.2, 0.25) is 0 Å². The molecule has 5 heteroatoms. The Morgan fingerprint density at radius 2 is 1.09 bits per heavy atom. The van der Waals surface area contributed by atoms with Crippen LogP contribution in [0.2, 0.25) is 0 Å². The third-order valence-corrected chi connectivity index (χ3v) is 3.94. The van der Waals surface area contributed by atoms with Crippen LogP contribution in [0.25, 0.3) is 0 Å². The molecule has 134 valence electrons. The van der Waals surface area contributed by atoms with Gasteiger partial charge in [-0.25, -0.2) is 9.59 Å². The van der Waals surface area contributed by atoms with Gasteiger partial charge in [-0.1, -0.05) is 65.2 Å². The molecule has 0 aromatic carbocycles. The molecule has 1 aliphatic heterocycles. The van der Waals surface area contributed by atoms with Crippen LogP contribution < -0.4 is 0 Å². The zero-order valence-electron chi connectivity index (χ0n) is 14.7. The van der Waals surface area contributed by atoms with E-state index in [4.69, 9.17) is 14.2 Å². The molecule has 0 amide bonds. The van der Waals surface area contributed by atoms with Gasteiger partial charge in [-0.2, -0.15) is 0 Å². The van der Waals surface area contributed by atoms with Crippen LogP contribution in [0.4, 0.5) is 0 Å². The van der Waals surface area contributed by atoms with Gasteiger partial charge in [0, 0.05) is 0 Å². The van der Waals surface area contributed by atoms with Crippen molar-refractivity contribution in [3.05, 3.63) is 0 Å². The summed E-state index contributed by atoms with van der Waals surface area (Å²) in [7, 11) is 0. The molecule has 0 N–H and O–H groups in total. The molecule has 0 bridgehead atoms. The summed E-state index contributed by atoms with van der Waals surface area (Å²) in [4.78, 5) is 23.4. The smallest absolute Gasteiger partial charge is 0.338 e. The van der Waals surface area contributed by atoms with Crippen molar-refractivity contribution < 1.29 is 23.8 Å². The standard InChI is InChI=1S/C18H32O5/c1-3-5-7-9-11-13-21-17(19)15-16(23-15)18(20)22-14-12-10-8-6-4-2/h15-16H,3-14H2,1-2H3. The van der Waals surface area contributed by atoms with E-state index in [9.17, 15) is 9.59 Å². The highest BCUT2D eigenvalue weighted by Crippen LogP contribution is 2.25. The fourth-order valence-corrected chi connectivity index (χ4v) is 2.39. The van der Waals surface area contributed by atoms with E-state index < -0.39 is 24.1 Å². The van der Waals surface area contributed by atoms with E-state index in [0.717, 1.165) is 25.7 Å². The van der Waals surface area contributed by atoms with E-state index in [2.05, 4.69) is 13.8 Å². The first kappa shape index (κ1) is 19.9. The van der Waals surface area contributed by atoms with Crippen molar-refractivity contribution >= 4 is 11.9 Å². The van der Waals surface area contributed by atoms with E-state index in [1.165, 1.54) is 38.5 Å². The van der Waals surface area contributed by atoms with Crippen LogP contribution in [0.1, 0.15) is 78.1 Å². The van der Waals surface area contributed by atoms with Crippen molar-refractivity contribution in [3.8, 4) is 0 Å². The summed E-state index contributed by atoms with van der Waals surface area (Å²) in [6.07, 6.45) is 9.51. The largest absolute Gasteiger partial charge is 0.464 e. The molecule has 1 rings (SSSR count). The van der Waals surface area contributed by atoms with E-state index in [1.807, 2.05) is 0 Å². The normalized spacial score (nSPS) is 19.4. The van der Waals surface area contributed by atoms with Crippen LogP contribution in [-0.2, 0) is 23.8 Å². The minimum absolute atomic E-state index is 0.404. The summed E-state index contributed by atoms with van der Waals surface area (Å²) in [6.45, 7) is 5.13. The first-order valence-electron chi connectivity index (χ1n) is 9.19. The highest BCUT2D eigenvalue weighted by atomic mass is 16.7. The topological polar surface area (TPSA) is 65.1 Å². The molecular weight excluding hydrogens is 296 g/mol. The quantitative estimate of drug-likeness (QED) is 0.276. The molecule has 2 unspecified atom stereocenters. The Labute approximate surface area is 140 Å². The van der Waals surface area contributed by atoms with Gasteiger partial charge in [0.1, 0.15) is 0 Å². The SMILES string of the molecule is CCCCCCCOC(=O)C1OC1C(=O)OCCCCCCC. The Bertz CT molecular complexity index is 310. The van der Waals surface area contributed by atoms with E-state index in [0.29, 0.717) is 13.2 Å². The maximum Gasteiger partial charge on any atom is 0.338 e. The van der Waals surface area contributed by atoms with Crippen LogP contribution in [0.3, 0.4) is 0 Å². The number of esters is 2. The summed E-state index contributed by atoms with van der Waals surface area (Å²) < 4.78 is 15.3.